The number of benzene rings is 3. The van der Waals surface area contributed by atoms with Crippen LogP contribution in [0.2, 0.25) is 5.02 Å². The summed E-state index contributed by atoms with van der Waals surface area (Å²) in [6.45, 7) is 3.61. The van der Waals surface area contributed by atoms with E-state index in [-0.39, 0.29) is 21.6 Å². The van der Waals surface area contributed by atoms with E-state index in [1.54, 1.807) is 49.4 Å². The van der Waals surface area contributed by atoms with Gasteiger partial charge in [0.15, 0.2) is 5.75 Å². The van der Waals surface area contributed by atoms with Crippen LogP contribution in [0.5, 0.6) is 5.75 Å². The second-order valence-electron chi connectivity index (χ2n) is 7.24. The van der Waals surface area contributed by atoms with Crippen molar-refractivity contribution in [3.05, 3.63) is 94.5 Å². The molecule has 1 aliphatic rings. The zero-order valence-electron chi connectivity index (χ0n) is 17.3. The molecule has 4 rings (SSSR count). The van der Waals surface area contributed by atoms with Crippen LogP contribution in [-0.4, -0.2) is 20.0 Å². The molecular weight excluding hydrogens is 448 g/mol. The van der Waals surface area contributed by atoms with Gasteiger partial charge in [0.25, 0.3) is 5.91 Å². The lowest BCUT2D eigenvalue weighted by atomic mass is 10.1. The molecule has 0 spiro atoms. The van der Waals surface area contributed by atoms with E-state index in [9.17, 15) is 13.2 Å². The standard InChI is InChI=1S/C24H19ClN2O4S/c1-16-8-11-20(12-9-16)32(29,30)31-23-13-10-18(15-22(23)25)14-21-17(2)26-27(24(21)28)19-6-4-3-5-7-19/h3-15H,1-2H3/b21-14+. The summed E-state index contributed by atoms with van der Waals surface area (Å²) in [5.41, 5.74) is 3.21. The predicted octanol–water partition coefficient (Wildman–Crippen LogP) is 5.22. The van der Waals surface area contributed by atoms with Crippen LogP contribution in [0.1, 0.15) is 18.1 Å². The number of aryl methyl sites for hydroxylation is 1. The molecule has 0 radical (unpaired) electrons. The summed E-state index contributed by atoms with van der Waals surface area (Å²) >= 11 is 6.29. The normalized spacial score (nSPS) is 15.2. The number of nitrogens with zero attached hydrogens (tertiary/aromatic N) is 2. The van der Waals surface area contributed by atoms with Gasteiger partial charge in [-0.2, -0.15) is 18.5 Å². The molecule has 0 aliphatic carbocycles. The Morgan fingerprint density at radius 2 is 1.66 bits per heavy atom. The van der Waals surface area contributed by atoms with Gasteiger partial charge in [-0.05, 0) is 61.9 Å². The lowest BCUT2D eigenvalue weighted by Crippen LogP contribution is -2.21. The Hall–Kier alpha value is -3.42. The maximum absolute atomic E-state index is 12.8. The van der Waals surface area contributed by atoms with Gasteiger partial charge in [-0.3, -0.25) is 4.79 Å². The SMILES string of the molecule is CC1=NN(c2ccccc2)C(=O)/C1=C/c1ccc(OS(=O)(=O)c2ccc(C)cc2)c(Cl)c1. The molecule has 0 fully saturated rings. The molecule has 0 aromatic heterocycles. The number of rotatable bonds is 5. The van der Waals surface area contributed by atoms with Gasteiger partial charge in [0.1, 0.15) is 4.90 Å². The van der Waals surface area contributed by atoms with E-state index in [0.29, 0.717) is 22.5 Å². The van der Waals surface area contributed by atoms with E-state index >= 15 is 0 Å². The van der Waals surface area contributed by atoms with Crippen LogP contribution in [0.25, 0.3) is 6.08 Å². The first kappa shape index (κ1) is 21.8. The Morgan fingerprint density at radius 1 is 0.969 bits per heavy atom. The topological polar surface area (TPSA) is 76.0 Å². The molecule has 3 aromatic carbocycles. The smallest absolute Gasteiger partial charge is 0.339 e. The number of carbonyl (C=O) groups excluding carboxylic acids is 1. The van der Waals surface area contributed by atoms with E-state index in [0.717, 1.165) is 5.56 Å². The summed E-state index contributed by atoms with van der Waals surface area (Å²) in [6.07, 6.45) is 1.66. The fourth-order valence-electron chi connectivity index (χ4n) is 3.14. The third kappa shape index (κ3) is 4.44. The lowest BCUT2D eigenvalue weighted by molar-refractivity contribution is -0.114. The second-order valence-corrected chi connectivity index (χ2v) is 9.19. The molecule has 1 aliphatic heterocycles. The molecule has 6 nitrogen and oxygen atoms in total. The molecule has 8 heteroatoms. The predicted molar refractivity (Wildman–Crippen MR) is 125 cm³/mol. The minimum atomic E-state index is -4.02. The van der Waals surface area contributed by atoms with E-state index in [1.165, 1.54) is 23.2 Å². The van der Waals surface area contributed by atoms with Crippen LogP contribution in [-0.2, 0) is 14.9 Å². The molecule has 162 valence electrons. The second kappa shape index (κ2) is 8.61. The maximum Gasteiger partial charge on any atom is 0.339 e. The van der Waals surface area contributed by atoms with Crippen molar-refractivity contribution in [3.63, 3.8) is 0 Å². The number of para-hydroxylation sites is 1. The van der Waals surface area contributed by atoms with Crippen LogP contribution in [0.15, 0.2) is 88.4 Å². The zero-order valence-corrected chi connectivity index (χ0v) is 18.9. The first-order valence-corrected chi connectivity index (χ1v) is 11.5. The van der Waals surface area contributed by atoms with Crippen molar-refractivity contribution in [3.8, 4) is 5.75 Å². The number of hydrogen-bond donors (Lipinski definition) is 0. The van der Waals surface area contributed by atoms with Crippen LogP contribution < -0.4 is 9.19 Å². The summed E-state index contributed by atoms with van der Waals surface area (Å²) in [4.78, 5) is 12.9. The molecule has 1 heterocycles. The average Bonchev–Trinajstić information content (AvgIpc) is 3.05. The third-order valence-electron chi connectivity index (χ3n) is 4.84. The summed E-state index contributed by atoms with van der Waals surface area (Å²) in [5.74, 6) is -0.254. The van der Waals surface area contributed by atoms with Crippen molar-refractivity contribution < 1.29 is 17.4 Å². The summed E-state index contributed by atoms with van der Waals surface area (Å²) in [5, 5.41) is 5.79. The van der Waals surface area contributed by atoms with E-state index in [4.69, 9.17) is 15.8 Å². The Morgan fingerprint density at radius 3 is 2.31 bits per heavy atom. The van der Waals surface area contributed by atoms with Crippen LogP contribution >= 0.6 is 11.6 Å². The Bertz CT molecular complexity index is 1350. The molecule has 0 N–H and O–H groups in total. The van der Waals surface area contributed by atoms with Gasteiger partial charge in [-0.15, -0.1) is 0 Å². The van der Waals surface area contributed by atoms with E-state index < -0.39 is 10.1 Å². The maximum atomic E-state index is 12.8. The van der Waals surface area contributed by atoms with Crippen molar-refractivity contribution in [2.45, 2.75) is 18.7 Å². The Labute approximate surface area is 191 Å². The molecule has 1 amide bonds. The fraction of sp³-hybridized carbons (Fsp3) is 0.0833. The van der Waals surface area contributed by atoms with Crippen LogP contribution in [0.3, 0.4) is 0 Å². The monoisotopic (exact) mass is 466 g/mol. The highest BCUT2D eigenvalue weighted by atomic mass is 35.5. The van der Waals surface area contributed by atoms with Crippen molar-refractivity contribution in [1.82, 2.24) is 0 Å². The average molecular weight is 467 g/mol. The quantitative estimate of drug-likeness (QED) is 0.381. The lowest BCUT2D eigenvalue weighted by Gasteiger charge is -2.11. The number of halogens is 1. The van der Waals surface area contributed by atoms with E-state index in [1.807, 2.05) is 25.1 Å². The molecule has 0 unspecified atom stereocenters. The molecule has 0 atom stereocenters. The number of anilines is 1. The third-order valence-corrected chi connectivity index (χ3v) is 6.38. The van der Waals surface area contributed by atoms with Gasteiger partial charge in [0, 0.05) is 0 Å². The first-order chi connectivity index (χ1) is 15.2. The Kier molecular flexibility index (Phi) is 5.86. The molecule has 32 heavy (non-hydrogen) atoms. The highest BCUT2D eigenvalue weighted by molar-refractivity contribution is 7.87. The van der Waals surface area contributed by atoms with Crippen molar-refractivity contribution in [2.24, 2.45) is 5.10 Å². The van der Waals surface area contributed by atoms with E-state index in [2.05, 4.69) is 5.10 Å². The van der Waals surface area contributed by atoms with Crippen LogP contribution in [0.4, 0.5) is 5.69 Å². The highest BCUT2D eigenvalue weighted by Gasteiger charge is 2.28. The van der Waals surface area contributed by atoms with Gasteiger partial charge in [-0.25, -0.2) is 0 Å². The molecule has 0 saturated carbocycles. The van der Waals surface area contributed by atoms with Gasteiger partial charge >= 0.3 is 10.1 Å². The molecule has 0 bridgehead atoms. The number of amides is 1. The van der Waals surface area contributed by atoms with Gasteiger partial charge in [0.05, 0.1) is 22.0 Å². The van der Waals surface area contributed by atoms with Crippen LogP contribution in [0, 0.1) is 6.92 Å². The number of hydrogen-bond acceptors (Lipinski definition) is 5. The zero-order chi connectivity index (χ0) is 22.9. The first-order valence-electron chi connectivity index (χ1n) is 9.72. The Balaban J connectivity index is 1.57. The van der Waals surface area contributed by atoms with Gasteiger partial charge in [-0.1, -0.05) is 53.6 Å². The number of carbonyl (C=O) groups is 1. The highest BCUT2D eigenvalue weighted by Crippen LogP contribution is 2.31. The molecule has 0 saturated heterocycles. The summed E-state index contributed by atoms with van der Waals surface area (Å²) < 4.78 is 30.3. The van der Waals surface area contributed by atoms with Gasteiger partial charge < -0.3 is 4.18 Å². The van der Waals surface area contributed by atoms with Crippen molar-refractivity contribution in [1.29, 1.82) is 0 Å². The largest absolute Gasteiger partial charge is 0.377 e. The number of hydrazone groups is 1. The van der Waals surface area contributed by atoms with Gasteiger partial charge in [0.2, 0.25) is 0 Å². The minimum Gasteiger partial charge on any atom is -0.377 e. The van der Waals surface area contributed by atoms with Crippen molar-refractivity contribution in [2.75, 3.05) is 5.01 Å². The minimum absolute atomic E-state index is 0.00319. The summed E-state index contributed by atoms with van der Waals surface area (Å²) in [7, 11) is -4.02. The molecule has 3 aromatic rings. The fourth-order valence-corrected chi connectivity index (χ4v) is 4.36. The molecular formula is C24H19ClN2O4S. The van der Waals surface area contributed by atoms with Crippen molar-refractivity contribution >= 4 is 45.1 Å². The summed E-state index contributed by atoms with van der Waals surface area (Å²) in [6, 6.07) is 20.1.